The second kappa shape index (κ2) is 14.8. The minimum absolute atomic E-state index is 0.0190. The predicted molar refractivity (Wildman–Crippen MR) is 189 cm³/mol. The highest BCUT2D eigenvalue weighted by Gasteiger charge is 2.70. The van der Waals surface area contributed by atoms with Crippen LogP contribution in [0.4, 0.5) is 4.79 Å². The maximum Gasteiger partial charge on any atom is 0.315 e. The summed E-state index contributed by atoms with van der Waals surface area (Å²) in [6.07, 6.45) is 10.5. The van der Waals surface area contributed by atoms with Gasteiger partial charge in [0, 0.05) is 19.5 Å². The van der Waals surface area contributed by atoms with Gasteiger partial charge in [-0.1, -0.05) is 60.0 Å². The summed E-state index contributed by atoms with van der Waals surface area (Å²) >= 11 is 0. The molecule has 0 aromatic rings. The highest BCUT2D eigenvalue weighted by atomic mass is 32.2. The van der Waals surface area contributed by atoms with E-state index in [0.717, 1.165) is 19.3 Å². The fourth-order valence-corrected chi connectivity index (χ4v) is 8.84. The number of ketones is 1. The lowest BCUT2D eigenvalue weighted by atomic mass is 9.83. The van der Waals surface area contributed by atoms with Crippen LogP contribution in [0.2, 0.25) is 0 Å². The van der Waals surface area contributed by atoms with Crippen LogP contribution in [0, 0.1) is 35.0 Å². The zero-order valence-electron chi connectivity index (χ0n) is 30.5. The van der Waals surface area contributed by atoms with E-state index in [9.17, 15) is 32.4 Å². The number of nitrogens with zero attached hydrogens (tertiary/aromatic N) is 1. The third kappa shape index (κ3) is 9.04. The van der Waals surface area contributed by atoms with Crippen molar-refractivity contribution in [2.45, 2.75) is 129 Å². The van der Waals surface area contributed by atoms with Gasteiger partial charge in [-0.25, -0.2) is 13.2 Å². The first-order valence-electron chi connectivity index (χ1n) is 17.3. The molecule has 2 aliphatic carbocycles. The van der Waals surface area contributed by atoms with Crippen LogP contribution in [-0.2, 0) is 29.0 Å². The zero-order chi connectivity index (χ0) is 37.2. The normalized spacial score (nSPS) is 23.9. The molecular formula is C36H57N5O7S. The molecule has 49 heavy (non-hydrogen) atoms. The van der Waals surface area contributed by atoms with Crippen molar-refractivity contribution in [3.63, 3.8) is 0 Å². The Bertz CT molecular complexity index is 1460. The molecule has 2 saturated carbocycles. The number of carbonyl (C=O) groups is 5. The highest BCUT2D eigenvalue weighted by Crippen LogP contribution is 2.65. The number of sulfone groups is 1. The summed E-state index contributed by atoms with van der Waals surface area (Å²) in [4.78, 5) is 69.1. The summed E-state index contributed by atoms with van der Waals surface area (Å²) in [5.41, 5.74) is -2.00. The van der Waals surface area contributed by atoms with Crippen molar-refractivity contribution in [1.29, 1.82) is 0 Å². The number of terminal acetylenes is 1. The lowest BCUT2D eigenvalue weighted by Gasteiger charge is -2.41. The number of Topliss-reactive ketones (excluding diaryl/α,β-unsaturated/α-hetero) is 1. The Morgan fingerprint density at radius 3 is 2.16 bits per heavy atom. The molecule has 5 atom stereocenters. The quantitative estimate of drug-likeness (QED) is 0.130. The fraction of sp³-hybridized carbons (Fsp3) is 0.750. The third-order valence-corrected chi connectivity index (χ3v) is 13.4. The van der Waals surface area contributed by atoms with Crippen LogP contribution in [0.25, 0.3) is 0 Å². The molecule has 0 radical (unpaired) electrons. The zero-order valence-corrected chi connectivity index (χ0v) is 31.3. The van der Waals surface area contributed by atoms with Gasteiger partial charge in [0.05, 0.1) is 22.1 Å². The summed E-state index contributed by atoms with van der Waals surface area (Å²) in [5.74, 6) is -0.684. The number of hydrogen-bond donors (Lipinski definition) is 4. The molecule has 3 aliphatic rings. The first kappa shape index (κ1) is 40.0. The minimum Gasteiger partial charge on any atom is -0.346 e. The summed E-state index contributed by atoms with van der Waals surface area (Å²) in [5, 5.41) is 11.0. The van der Waals surface area contributed by atoms with Gasteiger partial charge in [0.1, 0.15) is 12.1 Å². The van der Waals surface area contributed by atoms with E-state index in [-0.39, 0.29) is 48.9 Å². The van der Waals surface area contributed by atoms with Crippen molar-refractivity contribution in [2.24, 2.45) is 22.7 Å². The average Bonchev–Trinajstić information content (AvgIpc) is 3.30. The number of fused-ring (bicyclic) bond motifs is 1. The van der Waals surface area contributed by atoms with E-state index in [0.29, 0.717) is 12.8 Å². The van der Waals surface area contributed by atoms with Crippen LogP contribution >= 0.6 is 0 Å². The van der Waals surface area contributed by atoms with Gasteiger partial charge in [-0.2, -0.15) is 0 Å². The van der Waals surface area contributed by atoms with Crippen LogP contribution < -0.4 is 21.3 Å². The van der Waals surface area contributed by atoms with Crippen LogP contribution in [-0.4, -0.2) is 90.1 Å². The van der Waals surface area contributed by atoms with Gasteiger partial charge in [-0.05, 0) is 62.7 Å². The minimum atomic E-state index is -3.58. The molecule has 4 N–H and O–H groups in total. The first-order valence-corrected chi connectivity index (χ1v) is 19.0. The van der Waals surface area contributed by atoms with E-state index in [1.165, 1.54) is 11.0 Å². The summed E-state index contributed by atoms with van der Waals surface area (Å²) in [7, 11) is -3.58. The highest BCUT2D eigenvalue weighted by molar-refractivity contribution is 7.92. The van der Waals surface area contributed by atoms with Crippen LogP contribution in [0.5, 0.6) is 0 Å². The number of nitrogens with one attached hydrogen (secondary N) is 4. The number of carbonyl (C=O) groups excluding carboxylic acids is 5. The van der Waals surface area contributed by atoms with Gasteiger partial charge < -0.3 is 26.2 Å². The average molecular weight is 704 g/mol. The molecule has 3 fully saturated rings. The number of hydrogen-bond acceptors (Lipinski definition) is 7. The molecule has 274 valence electrons. The van der Waals surface area contributed by atoms with Crippen molar-refractivity contribution >= 4 is 39.4 Å². The Morgan fingerprint density at radius 2 is 1.63 bits per heavy atom. The van der Waals surface area contributed by atoms with Crippen molar-refractivity contribution in [3.05, 3.63) is 12.7 Å². The van der Waals surface area contributed by atoms with E-state index < -0.39 is 73.2 Å². The summed E-state index contributed by atoms with van der Waals surface area (Å²) in [6.45, 7) is 18.3. The van der Waals surface area contributed by atoms with Gasteiger partial charge in [0.2, 0.25) is 17.6 Å². The molecule has 13 heteroatoms. The second-order valence-corrected chi connectivity index (χ2v) is 19.4. The van der Waals surface area contributed by atoms with E-state index in [1.54, 1.807) is 20.8 Å². The number of rotatable bonds is 13. The second-order valence-electron chi connectivity index (χ2n) is 16.7. The molecule has 1 aliphatic heterocycles. The number of likely N-dealkylation sites (tertiary alicyclic amines) is 1. The SMILES string of the molecule is C#CCCC(NC(=O)[C@@H]1C2[C@H](CN1C(=O)[C@@H](NC(=O)NC1(CS(=O)(=O)C(C)(C)C)CCCCC1)C(C)(C)C)C2(C)C)C(=O)C(=O)NCC=C. The molecule has 5 amide bonds. The lowest BCUT2D eigenvalue weighted by Crippen LogP contribution is -2.64. The van der Waals surface area contributed by atoms with Crippen molar-refractivity contribution < 1.29 is 32.4 Å². The summed E-state index contributed by atoms with van der Waals surface area (Å²) < 4.78 is 25.6. The number of amides is 5. The van der Waals surface area contributed by atoms with Gasteiger partial charge >= 0.3 is 6.03 Å². The maximum atomic E-state index is 14.4. The lowest BCUT2D eigenvalue weighted by molar-refractivity contribution is -0.145. The van der Waals surface area contributed by atoms with Crippen molar-refractivity contribution in [3.8, 4) is 12.3 Å². The van der Waals surface area contributed by atoms with Crippen LogP contribution in [0.1, 0.15) is 100 Å². The third-order valence-electron chi connectivity index (χ3n) is 10.6. The van der Waals surface area contributed by atoms with E-state index in [2.05, 4.69) is 33.8 Å². The standard InChI is InChI=1S/C36H57N5O7S/c1-11-13-17-24(27(42)30(44)37-20-12-2)38-29(43)26-25-23(35(25,9)10)21-41(26)31(45)28(33(3,4)5)39-32(46)40-36(18-15-14-16-19-36)22-49(47,48)34(6,7)8/h1,12,23-26,28H,2,13-22H2,3-10H3,(H,37,44)(H,38,43)(H2,39,40,46)/t23-,24?,25?,26-,28+/m0/s1. The Hall–Kier alpha value is -3.40. The molecule has 3 rings (SSSR count). The largest absolute Gasteiger partial charge is 0.346 e. The van der Waals surface area contributed by atoms with Gasteiger partial charge in [0.15, 0.2) is 9.84 Å². The smallest absolute Gasteiger partial charge is 0.315 e. The molecule has 0 aromatic carbocycles. The van der Waals surface area contributed by atoms with Crippen molar-refractivity contribution in [1.82, 2.24) is 26.2 Å². The summed E-state index contributed by atoms with van der Waals surface area (Å²) in [6, 6.07) is -3.84. The molecule has 1 heterocycles. The molecule has 12 nitrogen and oxygen atoms in total. The molecule has 0 bridgehead atoms. The molecule has 0 spiro atoms. The van der Waals surface area contributed by atoms with E-state index in [1.807, 2.05) is 34.6 Å². The van der Waals surface area contributed by atoms with Crippen molar-refractivity contribution in [2.75, 3.05) is 18.8 Å². The predicted octanol–water partition coefficient (Wildman–Crippen LogP) is 2.87. The molecule has 2 unspecified atom stereocenters. The van der Waals surface area contributed by atoms with E-state index in [4.69, 9.17) is 6.42 Å². The molecule has 0 aromatic heterocycles. The Balaban J connectivity index is 1.87. The van der Waals surface area contributed by atoms with Gasteiger partial charge in [0.25, 0.3) is 5.91 Å². The Labute approximate surface area is 292 Å². The Morgan fingerprint density at radius 1 is 1.02 bits per heavy atom. The number of piperidine rings is 1. The molecular weight excluding hydrogens is 646 g/mol. The van der Waals surface area contributed by atoms with Gasteiger partial charge in [-0.15, -0.1) is 18.9 Å². The van der Waals surface area contributed by atoms with Gasteiger partial charge in [-0.3, -0.25) is 19.2 Å². The monoisotopic (exact) mass is 703 g/mol. The fourth-order valence-electron chi connectivity index (χ4n) is 7.31. The Kier molecular flexibility index (Phi) is 12.1. The first-order chi connectivity index (χ1) is 22.5. The topological polar surface area (TPSA) is 171 Å². The van der Waals surface area contributed by atoms with E-state index >= 15 is 0 Å². The maximum absolute atomic E-state index is 14.4. The number of urea groups is 1. The van der Waals surface area contributed by atoms with Crippen LogP contribution in [0.15, 0.2) is 12.7 Å². The van der Waals surface area contributed by atoms with Crippen LogP contribution in [0.3, 0.4) is 0 Å². The molecule has 1 saturated heterocycles.